The predicted molar refractivity (Wildman–Crippen MR) is 103 cm³/mol. The molecule has 0 saturated heterocycles. The van der Waals surface area contributed by atoms with E-state index in [2.05, 4.69) is 34.2 Å². The van der Waals surface area contributed by atoms with Crippen LogP contribution in [0.5, 0.6) is 0 Å². The number of nitrogens with one attached hydrogen (secondary N) is 1. The summed E-state index contributed by atoms with van der Waals surface area (Å²) in [5, 5.41) is 3.09. The molecular weight excluding hydrogens is 316 g/mol. The molecule has 118 valence electrons. The minimum atomic E-state index is -0.0700. The van der Waals surface area contributed by atoms with Crippen molar-refractivity contribution in [3.8, 4) is 0 Å². The van der Waals surface area contributed by atoms with Gasteiger partial charge in [-0.25, -0.2) is 4.98 Å². The maximum Gasteiger partial charge on any atom is 0.260 e. The zero-order valence-corrected chi connectivity index (χ0v) is 14.3. The summed E-state index contributed by atoms with van der Waals surface area (Å²) in [4.78, 5) is 21.7. The number of aryl methyl sites for hydroxylation is 2. The van der Waals surface area contributed by atoms with E-state index in [1.165, 1.54) is 10.8 Å². The number of aromatic nitrogens is 2. The Kier molecular flexibility index (Phi) is 3.54. The largest absolute Gasteiger partial charge is 0.306 e. The van der Waals surface area contributed by atoms with E-state index in [4.69, 9.17) is 0 Å². The molecule has 4 aromatic rings. The number of hydrogen-bond donors (Lipinski definition) is 1. The number of nitrogens with zero attached hydrogens (tertiary/aromatic N) is 1. The van der Waals surface area contributed by atoms with Crippen molar-refractivity contribution < 1.29 is 0 Å². The molecule has 0 aliphatic carbocycles. The van der Waals surface area contributed by atoms with Gasteiger partial charge in [-0.3, -0.25) is 4.79 Å². The number of rotatable bonds is 2. The Balaban J connectivity index is 1.81. The highest BCUT2D eigenvalue weighted by molar-refractivity contribution is 7.18. The molecule has 24 heavy (non-hydrogen) atoms. The van der Waals surface area contributed by atoms with Gasteiger partial charge in [-0.05, 0) is 41.8 Å². The van der Waals surface area contributed by atoms with Crippen molar-refractivity contribution in [1.82, 2.24) is 9.97 Å². The Morgan fingerprint density at radius 2 is 1.83 bits per heavy atom. The topological polar surface area (TPSA) is 45.8 Å². The lowest BCUT2D eigenvalue weighted by Crippen LogP contribution is -2.09. The molecule has 0 saturated carbocycles. The first-order valence-corrected chi connectivity index (χ1v) is 8.61. The van der Waals surface area contributed by atoms with Crippen LogP contribution in [0.3, 0.4) is 0 Å². The van der Waals surface area contributed by atoms with Crippen molar-refractivity contribution >= 4 is 44.5 Å². The van der Waals surface area contributed by atoms with Crippen LogP contribution in [-0.2, 0) is 0 Å². The molecule has 0 fully saturated rings. The first-order chi connectivity index (χ1) is 11.6. The van der Waals surface area contributed by atoms with E-state index in [9.17, 15) is 4.79 Å². The summed E-state index contributed by atoms with van der Waals surface area (Å²) in [6.45, 7) is 3.99. The van der Waals surface area contributed by atoms with E-state index in [-0.39, 0.29) is 5.56 Å². The van der Waals surface area contributed by atoms with Crippen LogP contribution >= 0.6 is 11.3 Å². The zero-order chi connectivity index (χ0) is 16.7. The van der Waals surface area contributed by atoms with Gasteiger partial charge in [-0.1, -0.05) is 48.5 Å². The molecule has 0 spiro atoms. The lowest BCUT2D eigenvalue weighted by atomic mass is 10.0. The van der Waals surface area contributed by atoms with Crippen LogP contribution in [-0.4, -0.2) is 9.97 Å². The number of H-pyrrole nitrogens is 1. The number of hydrogen-bond acceptors (Lipinski definition) is 3. The summed E-state index contributed by atoms with van der Waals surface area (Å²) < 4.78 is 0. The number of benzene rings is 2. The second-order valence-corrected chi connectivity index (χ2v) is 7.02. The van der Waals surface area contributed by atoms with Gasteiger partial charge in [0.05, 0.1) is 5.39 Å². The molecule has 2 aromatic carbocycles. The summed E-state index contributed by atoms with van der Waals surface area (Å²) in [7, 11) is 0. The van der Waals surface area contributed by atoms with E-state index >= 15 is 0 Å². The molecule has 0 aliphatic rings. The minimum absolute atomic E-state index is 0.0700. The van der Waals surface area contributed by atoms with Crippen LogP contribution in [0.2, 0.25) is 0 Å². The summed E-state index contributed by atoms with van der Waals surface area (Å²) in [6, 6.07) is 14.4. The third-order valence-corrected chi connectivity index (χ3v) is 5.40. The highest BCUT2D eigenvalue weighted by Gasteiger charge is 2.10. The smallest absolute Gasteiger partial charge is 0.260 e. The van der Waals surface area contributed by atoms with E-state index in [0.29, 0.717) is 11.2 Å². The van der Waals surface area contributed by atoms with Crippen molar-refractivity contribution in [3.63, 3.8) is 0 Å². The van der Waals surface area contributed by atoms with Gasteiger partial charge >= 0.3 is 0 Å². The highest BCUT2D eigenvalue weighted by Crippen LogP contribution is 2.26. The summed E-state index contributed by atoms with van der Waals surface area (Å²) in [5.41, 5.74) is 2.06. The Morgan fingerprint density at radius 3 is 2.71 bits per heavy atom. The first kappa shape index (κ1) is 14.8. The van der Waals surface area contributed by atoms with Gasteiger partial charge in [0.1, 0.15) is 10.7 Å². The van der Waals surface area contributed by atoms with Crippen molar-refractivity contribution in [3.05, 3.63) is 74.6 Å². The molecule has 4 heteroatoms. The molecule has 0 amide bonds. The van der Waals surface area contributed by atoms with Gasteiger partial charge in [0, 0.05) is 4.88 Å². The second-order valence-electron chi connectivity index (χ2n) is 5.82. The van der Waals surface area contributed by atoms with Gasteiger partial charge < -0.3 is 4.98 Å². The molecule has 0 unspecified atom stereocenters. The van der Waals surface area contributed by atoms with Gasteiger partial charge in [0.2, 0.25) is 0 Å². The lowest BCUT2D eigenvalue weighted by Gasteiger charge is -2.01. The van der Waals surface area contributed by atoms with Crippen LogP contribution < -0.4 is 5.56 Å². The maximum absolute atomic E-state index is 12.3. The Bertz CT molecular complexity index is 1150. The zero-order valence-electron chi connectivity index (χ0n) is 13.5. The van der Waals surface area contributed by atoms with E-state index in [0.717, 1.165) is 20.8 Å². The van der Waals surface area contributed by atoms with Crippen LogP contribution in [0.4, 0.5) is 0 Å². The highest BCUT2D eigenvalue weighted by atomic mass is 32.1. The van der Waals surface area contributed by atoms with E-state index in [1.54, 1.807) is 11.3 Å². The first-order valence-electron chi connectivity index (χ1n) is 7.79. The molecule has 0 bridgehead atoms. The molecule has 2 aromatic heterocycles. The Morgan fingerprint density at radius 1 is 1.04 bits per heavy atom. The lowest BCUT2D eigenvalue weighted by molar-refractivity contribution is 1.15. The molecule has 0 atom stereocenters. The molecule has 0 aliphatic heterocycles. The third kappa shape index (κ3) is 2.45. The van der Waals surface area contributed by atoms with Crippen LogP contribution in [0.15, 0.2) is 47.3 Å². The van der Waals surface area contributed by atoms with Gasteiger partial charge in [-0.2, -0.15) is 0 Å². The standard InChI is InChI=1S/C20H16N2OS/c1-12-13(2)24-20-18(12)19(23)21-17(22-20)11-10-15-8-5-7-14-6-3-4-9-16(14)15/h3-11H,1-2H3,(H,21,22,23). The van der Waals surface area contributed by atoms with Crippen molar-refractivity contribution in [2.24, 2.45) is 0 Å². The van der Waals surface area contributed by atoms with Gasteiger partial charge in [0.15, 0.2) is 0 Å². The average molecular weight is 332 g/mol. The molecular formula is C20H16N2OS. The van der Waals surface area contributed by atoms with Gasteiger partial charge in [-0.15, -0.1) is 11.3 Å². The van der Waals surface area contributed by atoms with Crippen LogP contribution in [0.1, 0.15) is 21.8 Å². The number of fused-ring (bicyclic) bond motifs is 2. The van der Waals surface area contributed by atoms with Crippen molar-refractivity contribution in [1.29, 1.82) is 0 Å². The van der Waals surface area contributed by atoms with Crippen molar-refractivity contribution in [2.45, 2.75) is 13.8 Å². The van der Waals surface area contributed by atoms with Gasteiger partial charge in [0.25, 0.3) is 5.56 Å². The maximum atomic E-state index is 12.3. The Hall–Kier alpha value is -2.72. The predicted octanol–water partition coefficient (Wildman–Crippen LogP) is 4.93. The van der Waals surface area contributed by atoms with Crippen LogP contribution in [0.25, 0.3) is 33.1 Å². The second kappa shape index (κ2) is 5.73. The molecule has 3 nitrogen and oxygen atoms in total. The van der Waals surface area contributed by atoms with Crippen LogP contribution in [0, 0.1) is 13.8 Å². The summed E-state index contributed by atoms with van der Waals surface area (Å²) in [6.07, 6.45) is 3.87. The fraction of sp³-hybridized carbons (Fsp3) is 0.100. The average Bonchev–Trinajstić information content (AvgIpc) is 2.87. The Labute approximate surface area is 143 Å². The fourth-order valence-electron chi connectivity index (χ4n) is 2.91. The molecule has 0 radical (unpaired) electrons. The monoisotopic (exact) mass is 332 g/mol. The summed E-state index contributed by atoms with van der Waals surface area (Å²) >= 11 is 1.57. The molecule has 1 N–H and O–H groups in total. The number of aromatic amines is 1. The van der Waals surface area contributed by atoms with E-state index in [1.807, 2.05) is 44.2 Å². The SMILES string of the molecule is Cc1sc2nc(C=Cc3cccc4ccccc34)[nH]c(=O)c2c1C. The quantitative estimate of drug-likeness (QED) is 0.566. The van der Waals surface area contributed by atoms with E-state index < -0.39 is 0 Å². The summed E-state index contributed by atoms with van der Waals surface area (Å²) in [5.74, 6) is 0.585. The van der Waals surface area contributed by atoms with Crippen molar-refractivity contribution in [2.75, 3.05) is 0 Å². The third-order valence-electron chi connectivity index (χ3n) is 4.30. The number of thiophene rings is 1. The normalized spacial score (nSPS) is 11.8. The molecule has 2 heterocycles. The molecule has 4 rings (SSSR count). The fourth-order valence-corrected chi connectivity index (χ4v) is 3.95. The minimum Gasteiger partial charge on any atom is -0.306 e.